The molecule has 1 heterocycles. The van der Waals surface area contributed by atoms with Crippen molar-refractivity contribution in [2.24, 2.45) is 0 Å². The van der Waals surface area contributed by atoms with Crippen LogP contribution in [0.2, 0.25) is 0 Å². The van der Waals surface area contributed by atoms with Gasteiger partial charge in [0.05, 0.1) is 12.5 Å². The highest BCUT2D eigenvalue weighted by atomic mass is 15.2. The first-order valence-electron chi connectivity index (χ1n) is 9.26. The van der Waals surface area contributed by atoms with Gasteiger partial charge in [0.2, 0.25) is 0 Å². The summed E-state index contributed by atoms with van der Waals surface area (Å²) in [6.07, 6.45) is 3.16. The Morgan fingerprint density at radius 3 is 1.88 bits per heavy atom. The average Bonchev–Trinajstić information content (AvgIpc) is 3.16. The average molecular weight is 333 g/mol. The number of hydrogen-bond acceptors (Lipinski definition) is 3. The Balaban J connectivity index is 1.77. The summed E-state index contributed by atoms with van der Waals surface area (Å²) in [6, 6.07) is 23.9. The van der Waals surface area contributed by atoms with Crippen LogP contribution in [0.3, 0.4) is 0 Å². The van der Waals surface area contributed by atoms with Crippen molar-refractivity contribution in [2.45, 2.75) is 38.4 Å². The zero-order chi connectivity index (χ0) is 17.3. The Bertz CT molecular complexity index is 615. The molecule has 0 amide bonds. The molecule has 1 aliphatic rings. The van der Waals surface area contributed by atoms with Crippen LogP contribution in [0.15, 0.2) is 60.7 Å². The van der Waals surface area contributed by atoms with Crippen LogP contribution < -0.4 is 0 Å². The molecule has 0 aromatic heterocycles. The quantitative estimate of drug-likeness (QED) is 0.729. The summed E-state index contributed by atoms with van der Waals surface area (Å²) >= 11 is 0. The minimum Gasteiger partial charge on any atom is -0.302 e. The molecule has 3 nitrogen and oxygen atoms in total. The third-order valence-electron chi connectivity index (χ3n) is 4.97. The second-order valence-corrected chi connectivity index (χ2v) is 6.90. The first-order chi connectivity index (χ1) is 12.3. The smallest absolute Gasteiger partial charge is 0.0638 e. The monoisotopic (exact) mass is 333 g/mol. The van der Waals surface area contributed by atoms with Gasteiger partial charge in [0.1, 0.15) is 0 Å². The fraction of sp³-hybridized carbons (Fsp3) is 0.409. The van der Waals surface area contributed by atoms with Crippen molar-refractivity contribution < 1.29 is 0 Å². The highest BCUT2D eigenvalue weighted by Crippen LogP contribution is 2.18. The summed E-state index contributed by atoms with van der Waals surface area (Å²) in [5, 5.41) is 9.40. The van der Waals surface area contributed by atoms with Crippen LogP contribution in [-0.4, -0.2) is 35.5 Å². The highest BCUT2D eigenvalue weighted by Gasteiger charge is 2.23. The van der Waals surface area contributed by atoms with Crippen molar-refractivity contribution >= 4 is 0 Å². The number of benzene rings is 2. The van der Waals surface area contributed by atoms with Gasteiger partial charge in [-0.05, 0) is 37.1 Å². The molecule has 0 saturated carbocycles. The van der Waals surface area contributed by atoms with Gasteiger partial charge >= 0.3 is 0 Å². The van der Waals surface area contributed by atoms with Crippen LogP contribution in [0.1, 0.15) is 30.4 Å². The molecule has 1 fully saturated rings. The fourth-order valence-electron chi connectivity index (χ4n) is 3.63. The van der Waals surface area contributed by atoms with E-state index in [1.165, 1.54) is 37.1 Å². The summed E-state index contributed by atoms with van der Waals surface area (Å²) in [4.78, 5) is 5.00. The van der Waals surface area contributed by atoms with E-state index in [1.807, 2.05) is 0 Å². The second-order valence-electron chi connectivity index (χ2n) is 6.90. The maximum absolute atomic E-state index is 9.40. The molecular formula is C22H27N3. The normalized spacial score (nSPS) is 16.0. The van der Waals surface area contributed by atoms with Gasteiger partial charge in [-0.2, -0.15) is 5.26 Å². The molecule has 0 radical (unpaired) electrons. The standard InChI is InChI=1S/C22H27N3/c23-14-13-22(19-24-15-7-8-16-24)25(17-20-9-3-1-4-10-20)18-21-11-5-2-6-12-21/h1-6,9-12,22H,7-8,13,15-19H2/t22-/m0/s1. The molecular weight excluding hydrogens is 306 g/mol. The lowest BCUT2D eigenvalue weighted by molar-refractivity contribution is 0.138. The van der Waals surface area contributed by atoms with Gasteiger partial charge in [0.15, 0.2) is 0 Å². The Kier molecular flexibility index (Phi) is 6.62. The third kappa shape index (κ3) is 5.42. The molecule has 0 spiro atoms. The van der Waals surface area contributed by atoms with Gasteiger partial charge in [-0.15, -0.1) is 0 Å². The topological polar surface area (TPSA) is 30.3 Å². The van der Waals surface area contributed by atoms with Crippen molar-refractivity contribution in [3.8, 4) is 6.07 Å². The van der Waals surface area contributed by atoms with Crippen molar-refractivity contribution in [1.29, 1.82) is 5.26 Å². The minimum absolute atomic E-state index is 0.267. The molecule has 1 atom stereocenters. The van der Waals surface area contributed by atoms with Crippen molar-refractivity contribution in [2.75, 3.05) is 19.6 Å². The van der Waals surface area contributed by atoms with Crippen LogP contribution in [0.4, 0.5) is 0 Å². The second kappa shape index (κ2) is 9.36. The molecule has 25 heavy (non-hydrogen) atoms. The lowest BCUT2D eigenvalue weighted by Gasteiger charge is -2.33. The number of likely N-dealkylation sites (tertiary alicyclic amines) is 1. The molecule has 3 heteroatoms. The predicted molar refractivity (Wildman–Crippen MR) is 102 cm³/mol. The molecule has 0 aliphatic carbocycles. The van der Waals surface area contributed by atoms with Gasteiger partial charge in [-0.1, -0.05) is 60.7 Å². The Morgan fingerprint density at radius 2 is 1.40 bits per heavy atom. The van der Waals surface area contributed by atoms with E-state index in [2.05, 4.69) is 76.5 Å². The molecule has 2 aromatic rings. The van der Waals surface area contributed by atoms with E-state index in [0.29, 0.717) is 6.42 Å². The highest BCUT2D eigenvalue weighted by molar-refractivity contribution is 5.17. The van der Waals surface area contributed by atoms with Gasteiger partial charge in [-0.3, -0.25) is 4.90 Å². The SMILES string of the molecule is N#CC[C@@H](CN1CCCC1)N(Cc1ccccc1)Cc1ccccc1. The molecule has 0 N–H and O–H groups in total. The summed E-state index contributed by atoms with van der Waals surface area (Å²) in [5.74, 6) is 0. The lowest BCUT2D eigenvalue weighted by Crippen LogP contribution is -2.42. The van der Waals surface area contributed by atoms with Gasteiger partial charge in [0.25, 0.3) is 0 Å². The lowest BCUT2D eigenvalue weighted by atomic mass is 10.1. The molecule has 2 aromatic carbocycles. The summed E-state index contributed by atoms with van der Waals surface area (Å²) in [6.45, 7) is 5.11. The van der Waals surface area contributed by atoms with E-state index in [4.69, 9.17) is 0 Å². The summed E-state index contributed by atoms with van der Waals surface area (Å²) in [7, 11) is 0. The van der Waals surface area contributed by atoms with Crippen LogP contribution in [0.5, 0.6) is 0 Å². The zero-order valence-electron chi connectivity index (χ0n) is 14.8. The largest absolute Gasteiger partial charge is 0.302 e. The number of hydrogen-bond donors (Lipinski definition) is 0. The molecule has 1 saturated heterocycles. The first kappa shape index (κ1) is 17.7. The molecule has 3 rings (SSSR count). The maximum atomic E-state index is 9.40. The van der Waals surface area contributed by atoms with Gasteiger partial charge in [0, 0.05) is 25.7 Å². The van der Waals surface area contributed by atoms with E-state index < -0.39 is 0 Å². The van der Waals surface area contributed by atoms with Crippen LogP contribution in [0, 0.1) is 11.3 Å². The molecule has 1 aliphatic heterocycles. The van der Waals surface area contributed by atoms with Crippen molar-refractivity contribution in [3.05, 3.63) is 71.8 Å². The molecule has 130 valence electrons. The van der Waals surface area contributed by atoms with E-state index in [0.717, 1.165) is 19.6 Å². The fourth-order valence-corrected chi connectivity index (χ4v) is 3.63. The Hall–Kier alpha value is -2.15. The molecule has 0 bridgehead atoms. The van der Waals surface area contributed by atoms with Crippen LogP contribution in [0.25, 0.3) is 0 Å². The van der Waals surface area contributed by atoms with Crippen molar-refractivity contribution in [1.82, 2.24) is 9.80 Å². The van der Waals surface area contributed by atoms with Gasteiger partial charge in [-0.25, -0.2) is 0 Å². The number of nitriles is 1. The number of nitrogens with zero attached hydrogens (tertiary/aromatic N) is 3. The first-order valence-corrected chi connectivity index (χ1v) is 9.26. The minimum atomic E-state index is 0.267. The van der Waals surface area contributed by atoms with E-state index in [1.54, 1.807) is 0 Å². The van der Waals surface area contributed by atoms with Gasteiger partial charge < -0.3 is 4.90 Å². The summed E-state index contributed by atoms with van der Waals surface area (Å²) < 4.78 is 0. The van der Waals surface area contributed by atoms with Crippen LogP contribution >= 0.6 is 0 Å². The molecule has 0 unspecified atom stereocenters. The third-order valence-corrected chi connectivity index (χ3v) is 4.97. The summed E-state index contributed by atoms with van der Waals surface area (Å²) in [5.41, 5.74) is 2.62. The van der Waals surface area contributed by atoms with Crippen LogP contribution in [-0.2, 0) is 13.1 Å². The number of rotatable bonds is 8. The predicted octanol–water partition coefficient (Wildman–Crippen LogP) is 4.07. The van der Waals surface area contributed by atoms with E-state index in [-0.39, 0.29) is 6.04 Å². The van der Waals surface area contributed by atoms with Crippen molar-refractivity contribution in [3.63, 3.8) is 0 Å². The Labute approximate surface area is 151 Å². The maximum Gasteiger partial charge on any atom is 0.0638 e. The zero-order valence-corrected chi connectivity index (χ0v) is 14.8. The van der Waals surface area contributed by atoms with E-state index >= 15 is 0 Å². The Morgan fingerprint density at radius 1 is 0.880 bits per heavy atom. The van der Waals surface area contributed by atoms with E-state index in [9.17, 15) is 5.26 Å².